The number of hydrogen-bond acceptors (Lipinski definition) is 4. The molecule has 1 aromatic carbocycles. The van der Waals surface area contributed by atoms with Gasteiger partial charge in [0.25, 0.3) is 5.91 Å². The molecule has 0 spiro atoms. The van der Waals surface area contributed by atoms with Gasteiger partial charge in [0, 0.05) is 12.6 Å². The standard InChI is InChI=1S/C13H12N2O3/c1-15-12(16)10-5-3-9(4-6-10)7-11(8-14)13(17)18-2/h3-7H,1-2H3,(H,15,16)/b11-7+. The third-order valence-electron chi connectivity index (χ3n) is 2.24. The van der Waals surface area contributed by atoms with Crippen LogP contribution < -0.4 is 5.32 Å². The Kier molecular flexibility index (Phi) is 4.64. The largest absolute Gasteiger partial charge is 0.465 e. The van der Waals surface area contributed by atoms with Gasteiger partial charge in [-0.15, -0.1) is 0 Å². The van der Waals surface area contributed by atoms with Gasteiger partial charge in [-0.25, -0.2) is 4.79 Å². The minimum absolute atomic E-state index is 0.0924. The van der Waals surface area contributed by atoms with Crippen molar-refractivity contribution in [2.24, 2.45) is 0 Å². The van der Waals surface area contributed by atoms with E-state index in [1.807, 2.05) is 0 Å². The lowest BCUT2D eigenvalue weighted by Gasteiger charge is -2.00. The predicted octanol–water partition coefficient (Wildman–Crippen LogP) is 1.13. The number of rotatable bonds is 3. The lowest BCUT2D eigenvalue weighted by Crippen LogP contribution is -2.17. The minimum atomic E-state index is -0.687. The summed E-state index contributed by atoms with van der Waals surface area (Å²) in [5, 5.41) is 11.3. The first-order chi connectivity index (χ1) is 8.62. The summed E-state index contributed by atoms with van der Waals surface area (Å²) in [6.07, 6.45) is 1.40. The monoisotopic (exact) mass is 244 g/mol. The normalized spacial score (nSPS) is 10.4. The Bertz CT molecular complexity index is 524. The summed E-state index contributed by atoms with van der Waals surface area (Å²) in [6.45, 7) is 0. The SMILES string of the molecule is CNC(=O)c1ccc(/C=C(\C#N)C(=O)OC)cc1. The average Bonchev–Trinajstić information content (AvgIpc) is 2.43. The molecule has 0 saturated heterocycles. The highest BCUT2D eigenvalue weighted by Gasteiger charge is 2.08. The van der Waals surface area contributed by atoms with Crippen LogP contribution in [0.25, 0.3) is 6.08 Å². The zero-order chi connectivity index (χ0) is 13.5. The van der Waals surface area contributed by atoms with Gasteiger partial charge in [-0.05, 0) is 23.8 Å². The van der Waals surface area contributed by atoms with Crippen LogP contribution in [0.1, 0.15) is 15.9 Å². The molecule has 0 fully saturated rings. The van der Waals surface area contributed by atoms with Crippen LogP contribution in [0, 0.1) is 11.3 Å². The second-order valence-electron chi connectivity index (χ2n) is 3.36. The third-order valence-corrected chi connectivity index (χ3v) is 2.24. The van der Waals surface area contributed by atoms with Crippen molar-refractivity contribution in [3.05, 3.63) is 41.0 Å². The van der Waals surface area contributed by atoms with E-state index in [1.165, 1.54) is 13.2 Å². The van der Waals surface area contributed by atoms with Gasteiger partial charge in [0.1, 0.15) is 11.6 Å². The van der Waals surface area contributed by atoms with E-state index < -0.39 is 5.97 Å². The van der Waals surface area contributed by atoms with Gasteiger partial charge in [0.2, 0.25) is 0 Å². The summed E-state index contributed by atoms with van der Waals surface area (Å²) < 4.78 is 4.46. The number of methoxy groups -OCH3 is 1. The van der Waals surface area contributed by atoms with E-state index >= 15 is 0 Å². The van der Waals surface area contributed by atoms with E-state index in [4.69, 9.17) is 5.26 Å². The number of ether oxygens (including phenoxy) is 1. The molecule has 92 valence electrons. The Labute approximate surface area is 105 Å². The minimum Gasteiger partial charge on any atom is -0.465 e. The second-order valence-corrected chi connectivity index (χ2v) is 3.36. The van der Waals surface area contributed by atoms with Crippen LogP contribution in [0.5, 0.6) is 0 Å². The van der Waals surface area contributed by atoms with E-state index in [-0.39, 0.29) is 11.5 Å². The van der Waals surface area contributed by atoms with Gasteiger partial charge in [-0.1, -0.05) is 12.1 Å². The first-order valence-electron chi connectivity index (χ1n) is 5.14. The molecule has 18 heavy (non-hydrogen) atoms. The van der Waals surface area contributed by atoms with Crippen LogP contribution in [0.4, 0.5) is 0 Å². The summed E-state index contributed by atoms with van der Waals surface area (Å²) in [7, 11) is 2.75. The lowest BCUT2D eigenvalue weighted by atomic mass is 10.1. The van der Waals surface area contributed by atoms with Gasteiger partial charge in [-0.3, -0.25) is 4.79 Å². The fourth-order valence-corrected chi connectivity index (χ4v) is 1.29. The van der Waals surface area contributed by atoms with Gasteiger partial charge in [0.05, 0.1) is 7.11 Å². The van der Waals surface area contributed by atoms with Crippen molar-refractivity contribution in [2.75, 3.05) is 14.2 Å². The van der Waals surface area contributed by atoms with E-state index in [0.29, 0.717) is 11.1 Å². The van der Waals surface area contributed by atoms with E-state index in [1.54, 1.807) is 37.4 Å². The number of carbonyl (C=O) groups is 2. The smallest absolute Gasteiger partial charge is 0.348 e. The molecule has 1 N–H and O–H groups in total. The van der Waals surface area contributed by atoms with Crippen LogP contribution in [-0.2, 0) is 9.53 Å². The number of nitrogens with zero attached hydrogens (tertiary/aromatic N) is 1. The Morgan fingerprint density at radius 3 is 2.39 bits per heavy atom. The van der Waals surface area contributed by atoms with Crippen molar-refractivity contribution in [2.45, 2.75) is 0 Å². The van der Waals surface area contributed by atoms with E-state index in [0.717, 1.165) is 0 Å². The van der Waals surface area contributed by atoms with Gasteiger partial charge >= 0.3 is 5.97 Å². The van der Waals surface area contributed by atoms with Crippen LogP contribution in [0.15, 0.2) is 29.8 Å². The van der Waals surface area contributed by atoms with Crippen molar-refractivity contribution in [3.8, 4) is 6.07 Å². The summed E-state index contributed by atoms with van der Waals surface area (Å²) in [4.78, 5) is 22.5. The molecule has 1 aromatic rings. The summed E-state index contributed by atoms with van der Waals surface area (Å²) in [5.41, 5.74) is 1.06. The molecule has 0 aromatic heterocycles. The maximum Gasteiger partial charge on any atom is 0.348 e. The topological polar surface area (TPSA) is 79.2 Å². The van der Waals surface area contributed by atoms with Gasteiger partial charge < -0.3 is 10.1 Å². The van der Waals surface area contributed by atoms with Crippen molar-refractivity contribution < 1.29 is 14.3 Å². The quantitative estimate of drug-likeness (QED) is 0.491. The van der Waals surface area contributed by atoms with Crippen LogP contribution >= 0.6 is 0 Å². The number of amides is 1. The fraction of sp³-hybridized carbons (Fsp3) is 0.154. The molecular formula is C13H12N2O3. The van der Waals surface area contributed by atoms with Crippen LogP contribution in [0.2, 0.25) is 0 Å². The Morgan fingerprint density at radius 1 is 1.33 bits per heavy atom. The predicted molar refractivity (Wildman–Crippen MR) is 65.4 cm³/mol. The second kappa shape index (κ2) is 6.21. The lowest BCUT2D eigenvalue weighted by molar-refractivity contribution is -0.135. The Morgan fingerprint density at radius 2 is 1.94 bits per heavy atom. The van der Waals surface area contributed by atoms with Crippen molar-refractivity contribution in [1.29, 1.82) is 5.26 Å². The maximum absolute atomic E-state index is 11.3. The van der Waals surface area contributed by atoms with Crippen molar-refractivity contribution in [3.63, 3.8) is 0 Å². The molecule has 0 saturated carbocycles. The van der Waals surface area contributed by atoms with Gasteiger partial charge in [0.15, 0.2) is 0 Å². The first kappa shape index (κ1) is 13.5. The number of nitrogens with one attached hydrogen (secondary N) is 1. The van der Waals surface area contributed by atoms with Crippen molar-refractivity contribution in [1.82, 2.24) is 5.32 Å². The first-order valence-corrected chi connectivity index (χ1v) is 5.14. The number of benzene rings is 1. The molecule has 0 aliphatic rings. The molecule has 1 rings (SSSR count). The molecule has 1 amide bonds. The molecule has 5 nitrogen and oxygen atoms in total. The molecule has 0 aliphatic heterocycles. The average molecular weight is 244 g/mol. The highest BCUT2D eigenvalue weighted by Crippen LogP contribution is 2.09. The highest BCUT2D eigenvalue weighted by molar-refractivity contribution is 5.98. The molecule has 0 atom stereocenters. The summed E-state index contributed by atoms with van der Waals surface area (Å²) in [6, 6.07) is 8.26. The molecule has 0 radical (unpaired) electrons. The molecular weight excluding hydrogens is 232 g/mol. The van der Waals surface area contributed by atoms with Crippen molar-refractivity contribution >= 4 is 18.0 Å². The number of nitriles is 1. The molecule has 5 heteroatoms. The maximum atomic E-state index is 11.3. The molecule has 0 aliphatic carbocycles. The fourth-order valence-electron chi connectivity index (χ4n) is 1.29. The Hall–Kier alpha value is -2.61. The summed E-state index contributed by atoms with van der Waals surface area (Å²) >= 11 is 0. The Balaban J connectivity index is 2.99. The number of hydrogen-bond donors (Lipinski definition) is 1. The van der Waals surface area contributed by atoms with Gasteiger partial charge in [-0.2, -0.15) is 5.26 Å². The van der Waals surface area contributed by atoms with E-state index in [9.17, 15) is 9.59 Å². The molecule has 0 bridgehead atoms. The molecule has 0 heterocycles. The summed E-state index contributed by atoms with van der Waals surface area (Å²) in [5.74, 6) is -0.883. The third kappa shape index (κ3) is 3.19. The number of carbonyl (C=O) groups excluding carboxylic acids is 2. The number of esters is 1. The van der Waals surface area contributed by atoms with Crippen LogP contribution in [-0.4, -0.2) is 26.0 Å². The highest BCUT2D eigenvalue weighted by atomic mass is 16.5. The zero-order valence-corrected chi connectivity index (χ0v) is 10.1. The van der Waals surface area contributed by atoms with Crippen LogP contribution in [0.3, 0.4) is 0 Å². The van der Waals surface area contributed by atoms with E-state index in [2.05, 4.69) is 10.1 Å². The molecule has 0 unspecified atom stereocenters. The zero-order valence-electron chi connectivity index (χ0n) is 10.1.